The molecule has 0 aliphatic carbocycles. The third-order valence-electron chi connectivity index (χ3n) is 4.62. The normalized spacial score (nSPS) is 18.7. The topological polar surface area (TPSA) is 111 Å². The lowest BCUT2D eigenvalue weighted by molar-refractivity contribution is 0.0612. The summed E-state index contributed by atoms with van der Waals surface area (Å²) in [4.78, 5) is 0.0210. The molecular weight excluding hydrogens is 368 g/mol. The minimum atomic E-state index is -3.83. The van der Waals surface area contributed by atoms with Crippen molar-refractivity contribution in [1.29, 1.82) is 0 Å². The Morgan fingerprint density at radius 1 is 1.26 bits per heavy atom. The summed E-state index contributed by atoms with van der Waals surface area (Å²) in [5.74, 6) is 1.41. The molecule has 0 radical (unpaired) electrons. The average Bonchev–Trinajstić information content (AvgIpc) is 2.64. The summed E-state index contributed by atoms with van der Waals surface area (Å²) in [5.41, 5.74) is 1.02. The van der Waals surface area contributed by atoms with E-state index in [4.69, 9.17) is 14.6 Å². The highest BCUT2D eigenvalue weighted by Gasteiger charge is 2.26. The molecule has 4 N–H and O–H groups in total. The SMILES string of the molecule is Cc1ccc(C(O)CNC(C)C2COc3ccccc3O2)cc1S(N)(=O)=O. The lowest BCUT2D eigenvalue weighted by Crippen LogP contribution is -2.47. The second-order valence-corrected chi connectivity index (χ2v) is 8.23. The second-order valence-electron chi connectivity index (χ2n) is 6.70. The van der Waals surface area contributed by atoms with Crippen LogP contribution in [0.15, 0.2) is 47.4 Å². The van der Waals surface area contributed by atoms with Crippen LogP contribution in [0.5, 0.6) is 11.5 Å². The van der Waals surface area contributed by atoms with E-state index in [1.807, 2.05) is 31.2 Å². The molecule has 0 aromatic heterocycles. The number of benzene rings is 2. The standard InChI is InChI=1S/C19H24N2O5S/c1-12-7-8-14(9-19(12)27(20,23)24)15(22)10-21-13(2)18-11-25-16-5-3-4-6-17(16)26-18/h3-9,13,15,18,21-22H,10-11H2,1-2H3,(H2,20,23,24). The van der Waals surface area contributed by atoms with Crippen LogP contribution in [0.1, 0.15) is 24.2 Å². The fourth-order valence-electron chi connectivity index (χ4n) is 2.96. The summed E-state index contributed by atoms with van der Waals surface area (Å²) in [6, 6.07) is 12.1. The van der Waals surface area contributed by atoms with Crippen molar-refractivity contribution in [1.82, 2.24) is 5.32 Å². The molecule has 1 heterocycles. The zero-order chi connectivity index (χ0) is 19.6. The molecular formula is C19H24N2O5S. The van der Waals surface area contributed by atoms with Gasteiger partial charge in [0.25, 0.3) is 0 Å². The van der Waals surface area contributed by atoms with Crippen molar-refractivity contribution in [2.45, 2.75) is 37.0 Å². The van der Waals surface area contributed by atoms with Crippen molar-refractivity contribution >= 4 is 10.0 Å². The van der Waals surface area contributed by atoms with Crippen LogP contribution in [-0.2, 0) is 10.0 Å². The molecule has 1 aliphatic rings. The predicted molar refractivity (Wildman–Crippen MR) is 101 cm³/mol. The van der Waals surface area contributed by atoms with Gasteiger partial charge < -0.3 is 19.9 Å². The van der Waals surface area contributed by atoms with Gasteiger partial charge in [-0.05, 0) is 43.2 Å². The van der Waals surface area contributed by atoms with E-state index < -0.39 is 16.1 Å². The molecule has 0 saturated carbocycles. The Morgan fingerprint density at radius 2 is 1.96 bits per heavy atom. The third-order valence-corrected chi connectivity index (χ3v) is 5.68. The number of fused-ring (bicyclic) bond motifs is 1. The molecule has 0 bridgehead atoms. The summed E-state index contributed by atoms with van der Waals surface area (Å²) >= 11 is 0. The molecule has 0 spiro atoms. The van der Waals surface area contributed by atoms with Crippen molar-refractivity contribution in [3.8, 4) is 11.5 Å². The number of aliphatic hydroxyl groups is 1. The van der Waals surface area contributed by atoms with Gasteiger partial charge in [-0.3, -0.25) is 0 Å². The van der Waals surface area contributed by atoms with E-state index in [0.717, 1.165) is 5.75 Å². The molecule has 0 amide bonds. The van der Waals surface area contributed by atoms with Crippen molar-refractivity contribution in [2.24, 2.45) is 5.14 Å². The number of para-hydroxylation sites is 2. The molecule has 27 heavy (non-hydrogen) atoms. The number of hydrogen-bond donors (Lipinski definition) is 3. The Bertz CT molecular complexity index is 916. The van der Waals surface area contributed by atoms with Crippen LogP contribution in [0.25, 0.3) is 0 Å². The van der Waals surface area contributed by atoms with E-state index in [1.54, 1.807) is 19.1 Å². The minimum absolute atomic E-state index is 0.0210. The molecule has 146 valence electrons. The van der Waals surface area contributed by atoms with Crippen LogP contribution in [0, 0.1) is 6.92 Å². The van der Waals surface area contributed by atoms with Crippen LogP contribution >= 0.6 is 0 Å². The van der Waals surface area contributed by atoms with Crippen LogP contribution in [0.2, 0.25) is 0 Å². The van der Waals surface area contributed by atoms with Gasteiger partial charge in [-0.2, -0.15) is 0 Å². The van der Waals surface area contributed by atoms with Gasteiger partial charge in [0.2, 0.25) is 10.0 Å². The van der Waals surface area contributed by atoms with Crippen LogP contribution in [0.4, 0.5) is 0 Å². The fourth-order valence-corrected chi connectivity index (χ4v) is 3.78. The molecule has 3 atom stereocenters. The van der Waals surface area contributed by atoms with E-state index in [2.05, 4.69) is 5.32 Å². The number of hydrogen-bond acceptors (Lipinski definition) is 6. The number of nitrogens with two attached hydrogens (primary N) is 1. The number of nitrogens with one attached hydrogen (secondary N) is 1. The average molecular weight is 392 g/mol. The quantitative estimate of drug-likeness (QED) is 0.687. The Balaban J connectivity index is 1.62. The smallest absolute Gasteiger partial charge is 0.238 e. The summed E-state index contributed by atoms with van der Waals surface area (Å²) in [6.07, 6.45) is -1.09. The summed E-state index contributed by atoms with van der Waals surface area (Å²) in [7, 11) is -3.83. The zero-order valence-corrected chi connectivity index (χ0v) is 16.1. The Labute approximate surface area is 159 Å². The Kier molecular flexibility index (Phi) is 5.71. The molecule has 8 heteroatoms. The van der Waals surface area contributed by atoms with E-state index in [9.17, 15) is 13.5 Å². The largest absolute Gasteiger partial charge is 0.486 e. The number of aliphatic hydroxyl groups excluding tert-OH is 1. The second kappa shape index (κ2) is 7.85. The van der Waals surface area contributed by atoms with E-state index in [0.29, 0.717) is 23.5 Å². The van der Waals surface area contributed by atoms with E-state index in [-0.39, 0.29) is 23.6 Å². The molecule has 7 nitrogen and oxygen atoms in total. The van der Waals surface area contributed by atoms with Gasteiger partial charge in [-0.15, -0.1) is 0 Å². The number of aryl methyl sites for hydroxylation is 1. The summed E-state index contributed by atoms with van der Waals surface area (Å²) in [5, 5.41) is 18.9. The molecule has 1 aliphatic heterocycles. The van der Waals surface area contributed by atoms with Gasteiger partial charge in [-0.25, -0.2) is 13.6 Å². The maximum Gasteiger partial charge on any atom is 0.238 e. The van der Waals surface area contributed by atoms with E-state index >= 15 is 0 Å². The zero-order valence-electron chi connectivity index (χ0n) is 15.3. The summed E-state index contributed by atoms with van der Waals surface area (Å²) < 4.78 is 35.0. The first kappa shape index (κ1) is 19.6. The lowest BCUT2D eigenvalue weighted by atomic mass is 10.1. The highest BCUT2D eigenvalue weighted by Crippen LogP contribution is 2.31. The van der Waals surface area contributed by atoms with Crippen molar-refractivity contribution in [2.75, 3.05) is 13.2 Å². The molecule has 2 aromatic rings. The van der Waals surface area contributed by atoms with Crippen LogP contribution < -0.4 is 19.9 Å². The molecule has 0 saturated heterocycles. The highest BCUT2D eigenvalue weighted by atomic mass is 32.2. The third kappa shape index (κ3) is 4.59. The van der Waals surface area contributed by atoms with Crippen molar-refractivity contribution in [3.05, 3.63) is 53.6 Å². The van der Waals surface area contributed by atoms with Gasteiger partial charge in [0.1, 0.15) is 12.7 Å². The monoisotopic (exact) mass is 392 g/mol. The lowest BCUT2D eigenvalue weighted by Gasteiger charge is -2.31. The highest BCUT2D eigenvalue weighted by molar-refractivity contribution is 7.89. The number of primary sulfonamides is 1. The number of sulfonamides is 1. The fraction of sp³-hybridized carbons (Fsp3) is 0.368. The molecule has 0 fully saturated rings. The molecule has 3 unspecified atom stereocenters. The number of rotatable bonds is 6. The first-order valence-corrected chi connectivity index (χ1v) is 10.2. The first-order valence-electron chi connectivity index (χ1n) is 8.69. The Morgan fingerprint density at radius 3 is 2.67 bits per heavy atom. The number of ether oxygens (including phenoxy) is 2. The van der Waals surface area contributed by atoms with Gasteiger partial charge in [0.05, 0.1) is 11.0 Å². The van der Waals surface area contributed by atoms with E-state index in [1.165, 1.54) is 6.07 Å². The minimum Gasteiger partial charge on any atom is -0.486 e. The van der Waals surface area contributed by atoms with Crippen LogP contribution in [0.3, 0.4) is 0 Å². The Hall–Kier alpha value is -2.13. The first-order chi connectivity index (χ1) is 12.8. The van der Waals surface area contributed by atoms with Gasteiger partial charge in [0.15, 0.2) is 11.5 Å². The predicted octanol–water partition coefficient (Wildman–Crippen LogP) is 1.49. The summed E-state index contributed by atoms with van der Waals surface area (Å²) in [6.45, 7) is 4.24. The van der Waals surface area contributed by atoms with Crippen molar-refractivity contribution < 1.29 is 23.0 Å². The van der Waals surface area contributed by atoms with Gasteiger partial charge >= 0.3 is 0 Å². The maximum absolute atomic E-state index is 11.7. The molecule has 3 rings (SSSR count). The van der Waals surface area contributed by atoms with Crippen molar-refractivity contribution in [3.63, 3.8) is 0 Å². The molecule has 2 aromatic carbocycles. The maximum atomic E-state index is 11.7. The van der Waals surface area contributed by atoms with Gasteiger partial charge in [0, 0.05) is 12.6 Å². The van der Waals surface area contributed by atoms with Gasteiger partial charge in [-0.1, -0.05) is 24.3 Å². The van der Waals surface area contributed by atoms with Crippen LogP contribution in [-0.4, -0.2) is 38.8 Å².